The molecule has 1 unspecified atom stereocenters. The predicted octanol–water partition coefficient (Wildman–Crippen LogP) is 1.39. The Morgan fingerprint density at radius 2 is 2.00 bits per heavy atom. The molecule has 5 heteroatoms. The molecule has 1 saturated heterocycles. The van der Waals surface area contributed by atoms with E-state index >= 15 is 0 Å². The van der Waals surface area contributed by atoms with Crippen molar-refractivity contribution in [1.29, 1.82) is 0 Å². The van der Waals surface area contributed by atoms with Crippen LogP contribution in [0.15, 0.2) is 0 Å². The molecule has 1 heterocycles. The Labute approximate surface area is 102 Å². The van der Waals surface area contributed by atoms with Crippen molar-refractivity contribution < 1.29 is 42.3 Å². The molecule has 67 valence electrons. The molecule has 12 heavy (non-hydrogen) atoms. The molecule has 3 nitrogen and oxygen atoms in total. The molecular weight excluding hydrogens is 251 g/mol. The van der Waals surface area contributed by atoms with Crippen molar-refractivity contribution >= 4 is 23.6 Å². The summed E-state index contributed by atoms with van der Waals surface area (Å²) >= 11 is 1.38. The van der Waals surface area contributed by atoms with Gasteiger partial charge in [0, 0.05) is 39.1 Å². The molecule has 1 radical (unpaired) electrons. The van der Waals surface area contributed by atoms with E-state index in [2.05, 4.69) is 12.2 Å². The maximum Gasteiger partial charge on any atom is 0.0701 e. The van der Waals surface area contributed by atoms with Crippen LogP contribution in [0.5, 0.6) is 0 Å². The average molecular weight is 262 g/mol. The number of hydrogen-bond acceptors (Lipinski definition) is 3. The summed E-state index contributed by atoms with van der Waals surface area (Å²) in [5, 5.41) is 3.05. The van der Waals surface area contributed by atoms with Crippen LogP contribution in [0.2, 0.25) is 0 Å². The third kappa shape index (κ3) is 4.58. The number of nitrogens with zero attached hydrogens (tertiary/aromatic N) is 1. The summed E-state index contributed by atoms with van der Waals surface area (Å²) in [6.07, 6.45) is 2.09. The van der Waals surface area contributed by atoms with Gasteiger partial charge in [0.05, 0.1) is 17.1 Å². The molecule has 0 aromatic heterocycles. The first-order valence-electron chi connectivity index (χ1n) is 3.26. The van der Waals surface area contributed by atoms with Crippen molar-refractivity contribution in [2.45, 2.75) is 18.6 Å². The molecular formula is C7H11NO2SY-2. The molecule has 1 fully saturated rings. The number of thioether (sulfide) groups is 1. The van der Waals surface area contributed by atoms with Gasteiger partial charge >= 0.3 is 0 Å². The van der Waals surface area contributed by atoms with Gasteiger partial charge < -0.3 is 21.8 Å². The van der Waals surface area contributed by atoms with Gasteiger partial charge in [-0.3, -0.25) is 0 Å². The van der Waals surface area contributed by atoms with Crippen molar-refractivity contribution in [3.63, 3.8) is 0 Å². The van der Waals surface area contributed by atoms with Crippen molar-refractivity contribution in [3.05, 3.63) is 12.2 Å². The number of rotatable bonds is 1. The minimum Gasteiger partial charge on any atom is -0.595 e. The van der Waals surface area contributed by atoms with Crippen LogP contribution in [0.1, 0.15) is 13.3 Å². The molecule has 0 spiro atoms. The second-order valence-electron chi connectivity index (χ2n) is 1.77. The number of hydrogen-bond donors (Lipinski definition) is 0. The molecule has 1 aliphatic rings. The second kappa shape index (κ2) is 8.20. The van der Waals surface area contributed by atoms with Gasteiger partial charge in [-0.2, -0.15) is 18.7 Å². The molecule has 0 N–H and O–H groups in total. The second-order valence-corrected chi connectivity index (χ2v) is 2.81. The smallest absolute Gasteiger partial charge is 0.0701 e. The summed E-state index contributed by atoms with van der Waals surface area (Å²) in [5.41, 5.74) is 0. The summed E-state index contributed by atoms with van der Waals surface area (Å²) in [5.74, 6) is -0.549. The minimum atomic E-state index is -0.278. The number of carbonyl (C=O) groups is 2. The van der Waals surface area contributed by atoms with Gasteiger partial charge in [-0.1, -0.05) is 0 Å². The van der Waals surface area contributed by atoms with Crippen molar-refractivity contribution in [2.24, 2.45) is 0 Å². The Balaban J connectivity index is 0. The molecule has 1 rings (SSSR count). The Kier molecular flexibility index (Phi) is 10.3. The molecule has 0 saturated carbocycles. The Morgan fingerprint density at radius 1 is 1.50 bits per heavy atom. The van der Waals surface area contributed by atoms with Crippen LogP contribution in [0.25, 0.3) is 5.32 Å². The SMILES string of the molecule is CSC1CC(=O)[N-]C1=O.[CH2-]C.[Y]. The van der Waals surface area contributed by atoms with Crippen molar-refractivity contribution in [1.82, 2.24) is 0 Å². The van der Waals surface area contributed by atoms with E-state index in [0.29, 0.717) is 6.42 Å². The topological polar surface area (TPSA) is 48.2 Å². The summed E-state index contributed by atoms with van der Waals surface area (Å²) < 4.78 is 0. The fourth-order valence-corrected chi connectivity index (χ4v) is 1.23. The summed E-state index contributed by atoms with van der Waals surface area (Å²) in [4.78, 5) is 21.0. The summed E-state index contributed by atoms with van der Waals surface area (Å²) in [6, 6.07) is 0. The van der Waals surface area contributed by atoms with Gasteiger partial charge in [-0.25, -0.2) is 0 Å². The quantitative estimate of drug-likeness (QED) is 0.530. The molecule has 0 aliphatic carbocycles. The van der Waals surface area contributed by atoms with E-state index < -0.39 is 0 Å². The van der Waals surface area contributed by atoms with Crippen LogP contribution >= 0.6 is 11.8 Å². The van der Waals surface area contributed by atoms with Gasteiger partial charge in [-0.05, 0) is 6.26 Å². The van der Waals surface area contributed by atoms with E-state index in [1.165, 1.54) is 11.8 Å². The van der Waals surface area contributed by atoms with Gasteiger partial charge in [-0.15, -0.1) is 0 Å². The maximum atomic E-state index is 10.6. The third-order valence-electron chi connectivity index (χ3n) is 1.15. The zero-order chi connectivity index (χ0) is 8.85. The zero-order valence-corrected chi connectivity index (χ0v) is 10.9. The standard InChI is InChI=1S/C5H7NO2S.C2H5.Y/c1-9-3-2-4(7)6-5(3)8;1-2;/h3H,2H2,1H3,(H,6,7,8);1H2,2H3;/q;-1;/p-1. The first-order chi connectivity index (χ1) is 5.24. The predicted molar refractivity (Wildman–Crippen MR) is 46.3 cm³/mol. The Hall–Kier alpha value is 0.594. The third-order valence-corrected chi connectivity index (χ3v) is 2.09. The van der Waals surface area contributed by atoms with Crippen molar-refractivity contribution in [3.8, 4) is 0 Å². The maximum absolute atomic E-state index is 10.6. The van der Waals surface area contributed by atoms with Crippen LogP contribution in [0.3, 0.4) is 0 Å². The average Bonchev–Trinajstić information content (AvgIpc) is 2.33. The van der Waals surface area contributed by atoms with E-state index in [4.69, 9.17) is 0 Å². The van der Waals surface area contributed by atoms with Crippen LogP contribution in [-0.2, 0) is 42.3 Å². The van der Waals surface area contributed by atoms with Gasteiger partial charge in [0.1, 0.15) is 0 Å². The van der Waals surface area contributed by atoms with Crippen molar-refractivity contribution in [2.75, 3.05) is 6.26 Å². The minimum absolute atomic E-state index is 0. The molecule has 0 aromatic rings. The van der Waals surface area contributed by atoms with Gasteiger partial charge in [0.2, 0.25) is 0 Å². The molecule has 1 aliphatic heterocycles. The Morgan fingerprint density at radius 3 is 2.17 bits per heavy atom. The zero-order valence-electron chi connectivity index (χ0n) is 7.24. The summed E-state index contributed by atoms with van der Waals surface area (Å²) in [6.45, 7) is 5.00. The van der Waals surface area contributed by atoms with E-state index in [-0.39, 0.29) is 49.8 Å². The Bertz CT molecular complexity index is 163. The number of amides is 2. The first-order valence-corrected chi connectivity index (χ1v) is 4.54. The van der Waals surface area contributed by atoms with E-state index in [9.17, 15) is 9.59 Å². The van der Waals surface area contributed by atoms with E-state index in [0.717, 1.165) is 0 Å². The van der Waals surface area contributed by atoms with E-state index in [1.54, 1.807) is 13.2 Å². The van der Waals surface area contributed by atoms with Crippen LogP contribution in [0.4, 0.5) is 0 Å². The van der Waals surface area contributed by atoms with Gasteiger partial charge in [0.25, 0.3) is 0 Å². The number of carbonyl (C=O) groups excluding carboxylic acids is 2. The fourth-order valence-electron chi connectivity index (χ4n) is 0.671. The molecule has 1 atom stereocenters. The molecule has 0 aromatic carbocycles. The molecule has 2 amide bonds. The fraction of sp³-hybridized carbons (Fsp3) is 0.571. The first kappa shape index (κ1) is 15.1. The van der Waals surface area contributed by atoms with Crippen LogP contribution in [-0.4, -0.2) is 23.3 Å². The summed E-state index contributed by atoms with van der Waals surface area (Å²) in [7, 11) is 0. The molecule has 0 bridgehead atoms. The van der Waals surface area contributed by atoms with E-state index in [1.807, 2.05) is 0 Å². The monoisotopic (exact) mass is 262 g/mol. The van der Waals surface area contributed by atoms with Crippen LogP contribution in [0, 0.1) is 6.92 Å². The largest absolute Gasteiger partial charge is 0.595 e. The normalized spacial score (nSPS) is 20.4. The van der Waals surface area contributed by atoms with Gasteiger partial charge in [0.15, 0.2) is 0 Å². The number of imide groups is 1. The van der Waals surface area contributed by atoms with Crippen LogP contribution < -0.4 is 0 Å².